The smallest absolute Gasteiger partial charge is 0.0488 e. The molecular formula is C15H23Cl2N3. The van der Waals surface area contributed by atoms with Gasteiger partial charge in [-0.2, -0.15) is 0 Å². The highest BCUT2D eigenvalue weighted by atomic mass is 35.5. The van der Waals surface area contributed by atoms with Crippen LogP contribution in [-0.2, 0) is 5.88 Å². The number of benzene rings is 1. The summed E-state index contributed by atoms with van der Waals surface area (Å²) >= 11 is 12.1. The second kappa shape index (κ2) is 7.51. The highest BCUT2D eigenvalue weighted by molar-refractivity contribution is 6.32. The largest absolute Gasteiger partial charge is 0.369 e. The number of likely N-dealkylation sites (N-methyl/N-ethyl adjacent to an activating group) is 1. The second-order valence-corrected chi connectivity index (χ2v) is 6.22. The van der Waals surface area contributed by atoms with Crippen molar-refractivity contribution in [3.05, 3.63) is 28.8 Å². The summed E-state index contributed by atoms with van der Waals surface area (Å²) in [6.45, 7) is 6.61. The fourth-order valence-electron chi connectivity index (χ4n) is 2.41. The van der Waals surface area contributed by atoms with Crippen LogP contribution in [-0.4, -0.2) is 63.2 Å². The predicted octanol–water partition coefficient (Wildman–Crippen LogP) is 2.76. The molecular weight excluding hydrogens is 293 g/mol. The topological polar surface area (TPSA) is 9.72 Å². The third-order valence-electron chi connectivity index (χ3n) is 3.78. The number of piperazine rings is 1. The summed E-state index contributed by atoms with van der Waals surface area (Å²) in [6, 6.07) is 6.19. The van der Waals surface area contributed by atoms with Crippen molar-refractivity contribution in [1.29, 1.82) is 0 Å². The van der Waals surface area contributed by atoms with Crippen LogP contribution in [0.25, 0.3) is 0 Å². The second-order valence-electron chi connectivity index (χ2n) is 5.54. The number of alkyl halides is 1. The highest BCUT2D eigenvalue weighted by Crippen LogP contribution is 2.25. The van der Waals surface area contributed by atoms with E-state index >= 15 is 0 Å². The van der Waals surface area contributed by atoms with Crippen LogP contribution in [0, 0.1) is 0 Å². The Bertz CT molecular complexity index is 429. The molecule has 0 radical (unpaired) electrons. The van der Waals surface area contributed by atoms with E-state index < -0.39 is 0 Å². The number of halogens is 2. The molecule has 0 amide bonds. The summed E-state index contributed by atoms with van der Waals surface area (Å²) in [5, 5.41) is 0.771. The Balaban J connectivity index is 1.88. The third-order valence-corrected chi connectivity index (χ3v) is 4.42. The van der Waals surface area contributed by atoms with Crippen LogP contribution in [0.4, 0.5) is 5.69 Å². The van der Waals surface area contributed by atoms with Crippen LogP contribution in [0.15, 0.2) is 18.2 Å². The molecule has 0 spiro atoms. The number of nitrogens with zero attached hydrogens (tertiary/aromatic N) is 3. The lowest BCUT2D eigenvalue weighted by molar-refractivity contribution is 0.229. The van der Waals surface area contributed by atoms with Gasteiger partial charge in [-0.25, -0.2) is 0 Å². The van der Waals surface area contributed by atoms with Crippen molar-refractivity contribution in [1.82, 2.24) is 9.80 Å². The fraction of sp³-hybridized carbons (Fsp3) is 0.600. The predicted molar refractivity (Wildman–Crippen MR) is 88.2 cm³/mol. The first-order valence-corrected chi connectivity index (χ1v) is 7.98. The molecule has 1 aromatic rings. The SMILES string of the molecule is CN(C)CCN1CCN(c2ccc(CCl)c(Cl)c2)CC1. The number of hydrogen-bond donors (Lipinski definition) is 0. The van der Waals surface area contributed by atoms with Crippen LogP contribution in [0.5, 0.6) is 0 Å². The summed E-state index contributed by atoms with van der Waals surface area (Å²) in [4.78, 5) is 7.15. The molecule has 0 aromatic heterocycles. The molecule has 1 aliphatic rings. The molecule has 1 aliphatic heterocycles. The molecule has 2 rings (SSSR count). The van der Waals surface area contributed by atoms with Crippen LogP contribution in [0.2, 0.25) is 5.02 Å². The fourth-order valence-corrected chi connectivity index (χ4v) is 2.96. The molecule has 5 heteroatoms. The zero-order valence-corrected chi connectivity index (χ0v) is 13.8. The van der Waals surface area contributed by atoms with E-state index in [-0.39, 0.29) is 0 Å². The molecule has 0 atom stereocenters. The highest BCUT2D eigenvalue weighted by Gasteiger charge is 2.17. The van der Waals surface area contributed by atoms with Crippen molar-refractivity contribution in [2.45, 2.75) is 5.88 Å². The Morgan fingerprint density at radius 2 is 1.85 bits per heavy atom. The van der Waals surface area contributed by atoms with Crippen LogP contribution < -0.4 is 4.90 Å². The minimum Gasteiger partial charge on any atom is -0.369 e. The standard InChI is InChI=1S/C15H23Cl2N3/c1-18(2)5-6-19-7-9-20(10-8-19)14-4-3-13(12-16)15(17)11-14/h3-4,11H,5-10,12H2,1-2H3. The zero-order valence-electron chi connectivity index (χ0n) is 12.3. The lowest BCUT2D eigenvalue weighted by Gasteiger charge is -2.36. The van der Waals surface area contributed by atoms with Gasteiger partial charge in [-0.15, -0.1) is 11.6 Å². The average Bonchev–Trinajstić information content (AvgIpc) is 2.45. The molecule has 20 heavy (non-hydrogen) atoms. The van der Waals surface area contributed by atoms with E-state index in [1.54, 1.807) is 0 Å². The lowest BCUT2D eigenvalue weighted by Crippen LogP contribution is -2.48. The van der Waals surface area contributed by atoms with Gasteiger partial charge in [0.05, 0.1) is 0 Å². The van der Waals surface area contributed by atoms with Crippen molar-refractivity contribution >= 4 is 28.9 Å². The first kappa shape index (κ1) is 15.9. The number of hydrogen-bond acceptors (Lipinski definition) is 3. The summed E-state index contributed by atoms with van der Waals surface area (Å²) in [7, 11) is 4.24. The average molecular weight is 316 g/mol. The van der Waals surface area contributed by atoms with E-state index in [0.717, 1.165) is 49.9 Å². The van der Waals surface area contributed by atoms with E-state index in [4.69, 9.17) is 23.2 Å². The summed E-state index contributed by atoms with van der Waals surface area (Å²) in [5.74, 6) is 0.470. The third kappa shape index (κ3) is 4.26. The van der Waals surface area contributed by atoms with Crippen molar-refractivity contribution in [2.24, 2.45) is 0 Å². The number of anilines is 1. The van der Waals surface area contributed by atoms with Gasteiger partial charge in [0.25, 0.3) is 0 Å². The lowest BCUT2D eigenvalue weighted by atomic mass is 10.2. The van der Waals surface area contributed by atoms with Gasteiger partial charge in [-0.3, -0.25) is 4.90 Å². The van der Waals surface area contributed by atoms with Gasteiger partial charge >= 0.3 is 0 Å². The maximum Gasteiger partial charge on any atom is 0.0488 e. The first-order chi connectivity index (χ1) is 9.60. The van der Waals surface area contributed by atoms with Crippen molar-refractivity contribution in [2.75, 3.05) is 58.3 Å². The maximum absolute atomic E-state index is 6.23. The molecule has 0 unspecified atom stereocenters. The molecule has 0 N–H and O–H groups in total. The summed E-state index contributed by atoms with van der Waals surface area (Å²) in [5.41, 5.74) is 2.21. The van der Waals surface area contributed by atoms with Gasteiger partial charge < -0.3 is 9.80 Å². The van der Waals surface area contributed by atoms with Gasteiger partial charge in [0.1, 0.15) is 0 Å². The van der Waals surface area contributed by atoms with Gasteiger partial charge in [-0.1, -0.05) is 17.7 Å². The molecule has 1 saturated heterocycles. The van der Waals surface area contributed by atoms with Crippen LogP contribution in [0.3, 0.4) is 0 Å². The van der Waals surface area contributed by atoms with Gasteiger partial charge in [0.2, 0.25) is 0 Å². The van der Waals surface area contributed by atoms with Crippen LogP contribution >= 0.6 is 23.2 Å². The quantitative estimate of drug-likeness (QED) is 0.774. The van der Waals surface area contributed by atoms with Gasteiger partial charge in [0, 0.05) is 55.9 Å². The minimum atomic E-state index is 0.470. The first-order valence-electron chi connectivity index (χ1n) is 7.06. The van der Waals surface area contributed by atoms with E-state index in [9.17, 15) is 0 Å². The van der Waals surface area contributed by atoms with E-state index in [0.29, 0.717) is 5.88 Å². The van der Waals surface area contributed by atoms with Crippen molar-refractivity contribution in [3.8, 4) is 0 Å². The Kier molecular flexibility index (Phi) is 5.97. The molecule has 1 aromatic carbocycles. The van der Waals surface area contributed by atoms with Crippen molar-refractivity contribution < 1.29 is 0 Å². The minimum absolute atomic E-state index is 0.470. The molecule has 1 fully saturated rings. The maximum atomic E-state index is 6.23. The van der Waals surface area contributed by atoms with Gasteiger partial charge in [-0.05, 0) is 31.8 Å². The zero-order chi connectivity index (χ0) is 14.5. The summed E-state index contributed by atoms with van der Waals surface area (Å²) in [6.07, 6.45) is 0. The number of rotatable bonds is 5. The molecule has 1 heterocycles. The Morgan fingerprint density at radius 3 is 2.40 bits per heavy atom. The molecule has 0 bridgehead atoms. The van der Waals surface area contributed by atoms with E-state index in [2.05, 4.69) is 34.9 Å². The molecule has 3 nitrogen and oxygen atoms in total. The normalized spacial score (nSPS) is 16.9. The molecule has 0 aliphatic carbocycles. The monoisotopic (exact) mass is 315 g/mol. The van der Waals surface area contributed by atoms with E-state index in [1.165, 1.54) is 5.69 Å². The van der Waals surface area contributed by atoms with Crippen LogP contribution in [0.1, 0.15) is 5.56 Å². The molecule has 0 saturated carbocycles. The summed E-state index contributed by atoms with van der Waals surface area (Å²) < 4.78 is 0. The Hall–Kier alpha value is -0.480. The Morgan fingerprint density at radius 1 is 1.15 bits per heavy atom. The van der Waals surface area contributed by atoms with E-state index in [1.807, 2.05) is 12.1 Å². The van der Waals surface area contributed by atoms with Gasteiger partial charge in [0.15, 0.2) is 0 Å². The molecule has 112 valence electrons. The van der Waals surface area contributed by atoms with Crippen molar-refractivity contribution in [3.63, 3.8) is 0 Å². The Labute approximate surface area is 132 Å².